The third-order valence-corrected chi connectivity index (χ3v) is 2.62. The van der Waals surface area contributed by atoms with Crippen molar-refractivity contribution in [3.63, 3.8) is 0 Å². The molecule has 1 aromatic heterocycles. The fourth-order valence-corrected chi connectivity index (χ4v) is 1.77. The normalized spacial score (nSPS) is 9.88. The summed E-state index contributed by atoms with van der Waals surface area (Å²) < 4.78 is 1.52. The van der Waals surface area contributed by atoms with Crippen LogP contribution in [0.3, 0.4) is 0 Å². The Hall–Kier alpha value is -2.54. The van der Waals surface area contributed by atoms with Crippen molar-refractivity contribution in [3.8, 4) is 11.8 Å². The molecule has 0 fully saturated rings. The molecule has 0 atom stereocenters. The molecule has 0 saturated carbocycles. The molecular formula is C13H10N2O2. The molecule has 17 heavy (non-hydrogen) atoms. The molecule has 0 aliphatic rings. The molecule has 0 unspecified atom stereocenters. The molecule has 2 aromatic rings. The summed E-state index contributed by atoms with van der Waals surface area (Å²) in [5.74, 6) is -1.03. The van der Waals surface area contributed by atoms with Gasteiger partial charge in [-0.25, -0.2) is 4.79 Å². The third-order valence-electron chi connectivity index (χ3n) is 2.62. The lowest BCUT2D eigenvalue weighted by atomic mass is 10.2. The van der Waals surface area contributed by atoms with E-state index in [2.05, 4.69) is 0 Å². The zero-order valence-corrected chi connectivity index (χ0v) is 9.21. The van der Waals surface area contributed by atoms with Crippen LogP contribution in [0.4, 0.5) is 0 Å². The summed E-state index contributed by atoms with van der Waals surface area (Å²) in [5, 5.41) is 18.1. The molecule has 1 N–H and O–H groups in total. The molecule has 1 aromatic carbocycles. The topological polar surface area (TPSA) is 66.0 Å². The number of benzene rings is 1. The van der Waals surface area contributed by atoms with Crippen LogP contribution in [0.15, 0.2) is 36.5 Å². The van der Waals surface area contributed by atoms with Gasteiger partial charge in [0.1, 0.15) is 11.8 Å². The van der Waals surface area contributed by atoms with Gasteiger partial charge in [-0.3, -0.25) is 0 Å². The molecule has 4 nitrogen and oxygen atoms in total. The van der Waals surface area contributed by atoms with Crippen LogP contribution in [0.1, 0.15) is 21.6 Å². The summed E-state index contributed by atoms with van der Waals surface area (Å²) in [6.07, 6.45) is 1.55. The van der Waals surface area contributed by atoms with E-state index >= 15 is 0 Å². The molecule has 1 heterocycles. The molecular weight excluding hydrogens is 216 g/mol. The van der Waals surface area contributed by atoms with Crippen molar-refractivity contribution in [2.24, 2.45) is 0 Å². The van der Waals surface area contributed by atoms with Crippen molar-refractivity contribution in [3.05, 3.63) is 53.3 Å². The number of hydrogen-bond acceptors (Lipinski definition) is 2. The summed E-state index contributed by atoms with van der Waals surface area (Å²) in [7, 11) is 0. The van der Waals surface area contributed by atoms with Gasteiger partial charge in [-0.1, -0.05) is 18.2 Å². The lowest BCUT2D eigenvalue weighted by Crippen LogP contribution is -2.07. The fourth-order valence-electron chi connectivity index (χ4n) is 1.77. The smallest absolute Gasteiger partial charge is 0.353 e. The molecule has 0 radical (unpaired) electrons. The highest BCUT2D eigenvalue weighted by Crippen LogP contribution is 2.20. The summed E-state index contributed by atoms with van der Waals surface area (Å²) in [4.78, 5) is 11.2. The summed E-state index contributed by atoms with van der Waals surface area (Å²) in [6.45, 7) is 1.64. The predicted octanol–water partition coefficient (Wildman–Crippen LogP) is 2.36. The van der Waals surface area contributed by atoms with Gasteiger partial charge in [-0.15, -0.1) is 0 Å². The zero-order chi connectivity index (χ0) is 12.4. The van der Waals surface area contributed by atoms with Gasteiger partial charge in [0.2, 0.25) is 0 Å². The molecule has 0 aliphatic carbocycles. The molecule has 84 valence electrons. The standard InChI is InChI=1S/C13H10N2O2/c1-9-10(7-14)8-15(12(9)13(16)17)11-5-3-2-4-6-11/h2-6,8H,1H3,(H,16,17). The Morgan fingerprint density at radius 2 is 2.00 bits per heavy atom. The first-order valence-electron chi connectivity index (χ1n) is 5.06. The monoisotopic (exact) mass is 226 g/mol. The number of aromatic nitrogens is 1. The largest absolute Gasteiger partial charge is 0.477 e. The van der Waals surface area contributed by atoms with Crippen molar-refractivity contribution in [1.29, 1.82) is 5.26 Å². The summed E-state index contributed by atoms with van der Waals surface area (Å²) in [5.41, 5.74) is 1.73. The lowest BCUT2D eigenvalue weighted by Gasteiger charge is -2.05. The van der Waals surface area contributed by atoms with E-state index in [1.54, 1.807) is 25.3 Å². The number of nitrogens with zero attached hydrogens (tertiary/aromatic N) is 2. The fraction of sp³-hybridized carbons (Fsp3) is 0.0769. The van der Waals surface area contributed by atoms with Crippen LogP contribution in [0.5, 0.6) is 0 Å². The minimum absolute atomic E-state index is 0.132. The van der Waals surface area contributed by atoms with Gasteiger partial charge >= 0.3 is 5.97 Å². The van der Waals surface area contributed by atoms with Gasteiger partial charge in [0, 0.05) is 11.9 Å². The Morgan fingerprint density at radius 3 is 2.53 bits per heavy atom. The highest BCUT2D eigenvalue weighted by atomic mass is 16.4. The average molecular weight is 226 g/mol. The van der Waals surface area contributed by atoms with Crippen LogP contribution in [0, 0.1) is 18.3 Å². The van der Waals surface area contributed by atoms with E-state index in [1.165, 1.54) is 4.57 Å². The molecule has 0 amide bonds. The lowest BCUT2D eigenvalue weighted by molar-refractivity contribution is 0.0687. The Labute approximate surface area is 98.4 Å². The van der Waals surface area contributed by atoms with Gasteiger partial charge in [0.25, 0.3) is 0 Å². The van der Waals surface area contributed by atoms with Crippen molar-refractivity contribution in [1.82, 2.24) is 4.57 Å². The van der Waals surface area contributed by atoms with Crippen LogP contribution < -0.4 is 0 Å². The number of nitriles is 1. The maximum absolute atomic E-state index is 11.2. The molecule has 0 aliphatic heterocycles. The number of rotatable bonds is 2. The first-order chi connectivity index (χ1) is 8.15. The van der Waals surface area contributed by atoms with Gasteiger partial charge in [0.05, 0.1) is 5.56 Å². The van der Waals surface area contributed by atoms with Gasteiger partial charge in [-0.2, -0.15) is 5.26 Å². The second-order valence-electron chi connectivity index (χ2n) is 3.64. The quantitative estimate of drug-likeness (QED) is 0.854. The van der Waals surface area contributed by atoms with Crippen molar-refractivity contribution in [2.75, 3.05) is 0 Å². The highest BCUT2D eigenvalue weighted by molar-refractivity contribution is 5.89. The molecule has 0 spiro atoms. The van der Waals surface area contributed by atoms with Gasteiger partial charge < -0.3 is 9.67 Å². The second kappa shape index (κ2) is 4.14. The van der Waals surface area contributed by atoms with Gasteiger partial charge in [-0.05, 0) is 24.6 Å². The van der Waals surface area contributed by atoms with E-state index in [4.69, 9.17) is 5.26 Å². The van der Waals surface area contributed by atoms with Crippen LogP contribution in [-0.4, -0.2) is 15.6 Å². The molecule has 0 bridgehead atoms. The van der Waals surface area contributed by atoms with Gasteiger partial charge in [0.15, 0.2) is 0 Å². The Bertz CT molecular complexity index is 606. The predicted molar refractivity (Wildman–Crippen MR) is 62.2 cm³/mol. The summed E-state index contributed by atoms with van der Waals surface area (Å²) >= 11 is 0. The Morgan fingerprint density at radius 1 is 1.35 bits per heavy atom. The number of carbonyl (C=O) groups is 1. The van der Waals surface area contributed by atoms with Crippen molar-refractivity contribution in [2.45, 2.75) is 6.92 Å². The number of carboxylic acids is 1. The van der Waals surface area contributed by atoms with E-state index < -0.39 is 5.97 Å². The first-order valence-corrected chi connectivity index (χ1v) is 5.06. The minimum atomic E-state index is -1.03. The maximum Gasteiger partial charge on any atom is 0.353 e. The summed E-state index contributed by atoms with van der Waals surface area (Å²) in [6, 6.07) is 11.1. The maximum atomic E-state index is 11.2. The number of para-hydroxylation sites is 1. The minimum Gasteiger partial charge on any atom is -0.477 e. The van der Waals surface area contributed by atoms with Crippen LogP contribution in [0.2, 0.25) is 0 Å². The molecule has 0 saturated heterocycles. The first kappa shape index (κ1) is 11.0. The Balaban J connectivity index is 2.71. The van der Waals surface area contributed by atoms with Crippen molar-refractivity contribution >= 4 is 5.97 Å². The van der Waals surface area contributed by atoms with Crippen LogP contribution >= 0.6 is 0 Å². The van der Waals surface area contributed by atoms with E-state index in [-0.39, 0.29) is 5.69 Å². The highest BCUT2D eigenvalue weighted by Gasteiger charge is 2.18. The van der Waals surface area contributed by atoms with E-state index in [1.807, 2.05) is 24.3 Å². The molecule has 2 rings (SSSR count). The Kier molecular flexibility index (Phi) is 2.67. The molecule has 4 heteroatoms. The average Bonchev–Trinajstić information content (AvgIpc) is 2.67. The SMILES string of the molecule is Cc1c(C#N)cn(-c2ccccc2)c1C(=O)O. The van der Waals surface area contributed by atoms with E-state index in [0.29, 0.717) is 11.1 Å². The number of carboxylic acid groups (broad SMARTS) is 1. The van der Waals surface area contributed by atoms with E-state index in [0.717, 1.165) is 5.69 Å². The van der Waals surface area contributed by atoms with E-state index in [9.17, 15) is 9.90 Å². The third kappa shape index (κ3) is 1.79. The number of aromatic carboxylic acids is 1. The zero-order valence-electron chi connectivity index (χ0n) is 9.21. The van der Waals surface area contributed by atoms with Crippen LogP contribution in [-0.2, 0) is 0 Å². The van der Waals surface area contributed by atoms with Crippen molar-refractivity contribution < 1.29 is 9.90 Å². The second-order valence-corrected chi connectivity index (χ2v) is 3.64. The van der Waals surface area contributed by atoms with Crippen LogP contribution in [0.25, 0.3) is 5.69 Å². The number of hydrogen-bond donors (Lipinski definition) is 1.